The monoisotopic (exact) mass is 154 g/mol. The van der Waals surface area contributed by atoms with Gasteiger partial charge in [-0.2, -0.15) is 0 Å². The molecule has 1 N–H and O–H groups in total. The molecule has 3 radical (unpaired) electrons. The van der Waals surface area contributed by atoms with E-state index in [2.05, 4.69) is 22.1 Å². The molecule has 0 aliphatic carbocycles. The molecule has 2 nitrogen and oxygen atoms in total. The van der Waals surface area contributed by atoms with E-state index in [4.69, 9.17) is 0 Å². The summed E-state index contributed by atoms with van der Waals surface area (Å²) in [5, 5.41) is 2.70. The predicted octanol–water partition coefficient (Wildman–Crippen LogP) is 0.583. The van der Waals surface area contributed by atoms with E-state index in [1.54, 1.807) is 6.92 Å². The van der Waals surface area contributed by atoms with Crippen molar-refractivity contribution in [2.75, 3.05) is 0 Å². The summed E-state index contributed by atoms with van der Waals surface area (Å²) >= 11 is 0. The van der Waals surface area contributed by atoms with Crippen LogP contribution in [0.5, 0.6) is 0 Å². The van der Waals surface area contributed by atoms with Gasteiger partial charge >= 0.3 is 0 Å². The molecule has 0 aromatic carbocycles. The first-order chi connectivity index (χ1) is 4.57. The largest absolute Gasteiger partial charge is 0.353 e. The van der Waals surface area contributed by atoms with E-state index < -0.39 is 0 Å². The van der Waals surface area contributed by atoms with Gasteiger partial charge in [0.15, 0.2) is 0 Å². The van der Waals surface area contributed by atoms with Crippen molar-refractivity contribution < 1.29 is 4.79 Å². The molecule has 55 valence electrons. The number of carbonyl (C=O) groups excluding carboxylic acids is 1. The standard InChI is InChI=1S/C7H12NOSi/c1-4-6(10)8-7(9)5(2)3/h6H,2,4H2,1,3H3,(H,8,9). The summed E-state index contributed by atoms with van der Waals surface area (Å²) in [6, 6.07) is 0. The van der Waals surface area contributed by atoms with Gasteiger partial charge in [0.2, 0.25) is 5.91 Å². The van der Waals surface area contributed by atoms with Crippen molar-refractivity contribution in [3.8, 4) is 0 Å². The summed E-state index contributed by atoms with van der Waals surface area (Å²) in [7, 11) is 3.32. The van der Waals surface area contributed by atoms with E-state index in [1.165, 1.54) is 0 Å². The third-order valence-electron chi connectivity index (χ3n) is 1.10. The summed E-state index contributed by atoms with van der Waals surface area (Å²) in [4.78, 5) is 10.9. The van der Waals surface area contributed by atoms with Gasteiger partial charge in [0, 0.05) is 11.2 Å². The summed E-state index contributed by atoms with van der Waals surface area (Å²) < 4.78 is 0. The third kappa shape index (κ3) is 3.45. The molecule has 0 saturated heterocycles. The molecular weight excluding hydrogens is 142 g/mol. The van der Waals surface area contributed by atoms with Crippen LogP contribution in [0.15, 0.2) is 12.2 Å². The molecule has 1 amide bonds. The molecule has 0 rings (SSSR count). The van der Waals surface area contributed by atoms with Crippen LogP contribution in [0.4, 0.5) is 0 Å². The van der Waals surface area contributed by atoms with Gasteiger partial charge in [0.1, 0.15) is 0 Å². The van der Waals surface area contributed by atoms with Crippen LogP contribution >= 0.6 is 0 Å². The Hall–Kier alpha value is -0.573. The van der Waals surface area contributed by atoms with Crippen LogP contribution < -0.4 is 5.32 Å². The number of rotatable bonds is 3. The molecule has 0 aliphatic rings. The van der Waals surface area contributed by atoms with Crippen molar-refractivity contribution in [3.05, 3.63) is 12.2 Å². The molecule has 0 aliphatic heterocycles. The third-order valence-corrected chi connectivity index (χ3v) is 1.65. The van der Waals surface area contributed by atoms with Gasteiger partial charge in [-0.25, -0.2) is 0 Å². The lowest BCUT2D eigenvalue weighted by Gasteiger charge is -2.09. The van der Waals surface area contributed by atoms with Crippen molar-refractivity contribution in [1.82, 2.24) is 5.32 Å². The van der Waals surface area contributed by atoms with E-state index in [0.29, 0.717) is 5.57 Å². The molecule has 0 bridgehead atoms. The summed E-state index contributed by atoms with van der Waals surface area (Å²) in [6.07, 6.45) is 0.871. The van der Waals surface area contributed by atoms with E-state index in [0.717, 1.165) is 6.42 Å². The quantitative estimate of drug-likeness (QED) is 0.467. The maximum atomic E-state index is 10.9. The zero-order chi connectivity index (χ0) is 8.15. The van der Waals surface area contributed by atoms with Gasteiger partial charge in [0.25, 0.3) is 0 Å². The second-order valence-corrected chi connectivity index (χ2v) is 2.91. The minimum absolute atomic E-state index is 0.0594. The van der Waals surface area contributed by atoms with Crippen LogP contribution in [-0.4, -0.2) is 21.8 Å². The molecule has 0 saturated carbocycles. The average molecular weight is 154 g/mol. The second kappa shape index (κ2) is 4.28. The summed E-state index contributed by atoms with van der Waals surface area (Å²) in [5.41, 5.74) is 0.598. The summed E-state index contributed by atoms with van der Waals surface area (Å²) in [5.74, 6) is -0.0955. The number of amides is 1. The zero-order valence-corrected chi connectivity index (χ0v) is 7.40. The Morgan fingerprint density at radius 2 is 2.30 bits per heavy atom. The first-order valence-corrected chi connectivity index (χ1v) is 3.83. The molecule has 0 aromatic rings. The molecule has 10 heavy (non-hydrogen) atoms. The number of hydrogen-bond acceptors (Lipinski definition) is 1. The summed E-state index contributed by atoms with van der Waals surface area (Å²) in [6.45, 7) is 7.18. The van der Waals surface area contributed by atoms with Crippen LogP contribution in [0.3, 0.4) is 0 Å². The van der Waals surface area contributed by atoms with Gasteiger partial charge in [0.05, 0.1) is 10.2 Å². The van der Waals surface area contributed by atoms with E-state index in [1.807, 2.05) is 6.92 Å². The lowest BCUT2D eigenvalue weighted by molar-refractivity contribution is -0.117. The fourth-order valence-corrected chi connectivity index (χ4v) is 0.515. The van der Waals surface area contributed by atoms with Crippen LogP contribution in [0.25, 0.3) is 0 Å². The van der Waals surface area contributed by atoms with Crippen LogP contribution in [0.1, 0.15) is 20.3 Å². The van der Waals surface area contributed by atoms with Crippen molar-refractivity contribution in [2.45, 2.75) is 25.9 Å². The molecule has 1 unspecified atom stereocenters. The molecule has 0 heterocycles. The van der Waals surface area contributed by atoms with Crippen LogP contribution in [0.2, 0.25) is 0 Å². The van der Waals surface area contributed by atoms with Gasteiger partial charge < -0.3 is 5.32 Å². The highest BCUT2D eigenvalue weighted by molar-refractivity contribution is 6.13. The Bertz CT molecular complexity index is 145. The fraction of sp³-hybridized carbons (Fsp3) is 0.571. The average Bonchev–Trinajstić information content (AvgIpc) is 1.87. The highest BCUT2D eigenvalue weighted by Gasteiger charge is 2.04. The number of nitrogens with one attached hydrogen (secondary N) is 1. The molecule has 3 heteroatoms. The first kappa shape index (κ1) is 9.43. The van der Waals surface area contributed by atoms with E-state index in [-0.39, 0.29) is 11.6 Å². The van der Waals surface area contributed by atoms with Gasteiger partial charge in [-0.05, 0) is 13.3 Å². The molecule has 0 spiro atoms. The normalized spacial score (nSPS) is 12.3. The Morgan fingerprint density at radius 3 is 2.60 bits per heavy atom. The SMILES string of the molecule is C=C(C)C(=O)NC([Si])CC. The lowest BCUT2D eigenvalue weighted by atomic mass is 10.3. The molecule has 0 aromatic heterocycles. The van der Waals surface area contributed by atoms with Crippen molar-refractivity contribution in [2.24, 2.45) is 0 Å². The Balaban J connectivity index is 3.68. The Labute approximate surface area is 65.1 Å². The minimum Gasteiger partial charge on any atom is -0.353 e. The highest BCUT2D eigenvalue weighted by atomic mass is 28.1. The van der Waals surface area contributed by atoms with Crippen LogP contribution in [-0.2, 0) is 4.79 Å². The number of carbonyl (C=O) groups is 1. The van der Waals surface area contributed by atoms with Gasteiger partial charge in [-0.3, -0.25) is 4.79 Å². The zero-order valence-electron chi connectivity index (χ0n) is 6.40. The smallest absolute Gasteiger partial charge is 0.246 e. The predicted molar refractivity (Wildman–Crippen MR) is 42.8 cm³/mol. The van der Waals surface area contributed by atoms with Crippen molar-refractivity contribution >= 4 is 16.1 Å². The van der Waals surface area contributed by atoms with E-state index >= 15 is 0 Å². The van der Waals surface area contributed by atoms with Crippen molar-refractivity contribution in [3.63, 3.8) is 0 Å². The fourth-order valence-electron chi connectivity index (χ4n) is 0.384. The van der Waals surface area contributed by atoms with Gasteiger partial charge in [-0.1, -0.05) is 13.5 Å². The Morgan fingerprint density at radius 1 is 1.80 bits per heavy atom. The molecule has 0 fully saturated rings. The van der Waals surface area contributed by atoms with Gasteiger partial charge in [-0.15, -0.1) is 0 Å². The van der Waals surface area contributed by atoms with Crippen LogP contribution in [0, 0.1) is 0 Å². The maximum absolute atomic E-state index is 10.9. The molecule has 1 atom stereocenters. The second-order valence-electron chi connectivity index (χ2n) is 2.21. The van der Waals surface area contributed by atoms with E-state index in [9.17, 15) is 4.79 Å². The van der Waals surface area contributed by atoms with Crippen molar-refractivity contribution in [1.29, 1.82) is 0 Å². The number of hydrogen-bond donors (Lipinski definition) is 1. The first-order valence-electron chi connectivity index (χ1n) is 3.25. The maximum Gasteiger partial charge on any atom is 0.246 e. The lowest BCUT2D eigenvalue weighted by Crippen LogP contribution is -2.34. The Kier molecular flexibility index (Phi) is 4.03. The highest BCUT2D eigenvalue weighted by Crippen LogP contribution is 1.89. The topological polar surface area (TPSA) is 29.1 Å². The molecular formula is C7H12NOSi. The minimum atomic E-state index is -0.0955.